The summed E-state index contributed by atoms with van der Waals surface area (Å²) in [7, 11) is 0. The highest BCUT2D eigenvalue weighted by atomic mass is 16.4. The average molecular weight is 330 g/mol. The number of aryl methyl sites for hydroxylation is 1. The van der Waals surface area contributed by atoms with Crippen molar-refractivity contribution in [3.05, 3.63) is 51.3 Å². The number of nitrogens with zero attached hydrogens (tertiary/aromatic N) is 1. The zero-order chi connectivity index (χ0) is 17.5. The monoisotopic (exact) mass is 330 g/mol. The lowest BCUT2D eigenvalue weighted by Gasteiger charge is -2.19. The Balaban J connectivity index is 1.86. The molecule has 1 amide bonds. The van der Waals surface area contributed by atoms with Gasteiger partial charge in [-0.05, 0) is 30.5 Å². The van der Waals surface area contributed by atoms with E-state index in [1.165, 1.54) is 12.1 Å². The van der Waals surface area contributed by atoms with Crippen molar-refractivity contribution in [1.29, 1.82) is 0 Å². The lowest BCUT2D eigenvalue weighted by molar-refractivity contribution is -0.134. The molecule has 1 aromatic carbocycles. The molecule has 2 heterocycles. The van der Waals surface area contributed by atoms with Gasteiger partial charge in [-0.1, -0.05) is 12.1 Å². The first kappa shape index (κ1) is 15.7. The number of fused-ring (bicyclic) bond motifs is 1. The third kappa shape index (κ3) is 2.50. The molecule has 0 fully saturated rings. The van der Waals surface area contributed by atoms with Crippen LogP contribution < -0.4 is 16.6 Å². The zero-order valence-electron chi connectivity index (χ0n) is 12.4. The maximum atomic E-state index is 12.1. The van der Waals surface area contributed by atoms with Gasteiger partial charge in [-0.2, -0.15) is 4.98 Å². The van der Waals surface area contributed by atoms with Crippen LogP contribution in [0.25, 0.3) is 0 Å². The van der Waals surface area contributed by atoms with Crippen LogP contribution in [-0.4, -0.2) is 32.1 Å². The summed E-state index contributed by atoms with van der Waals surface area (Å²) >= 11 is 0. The Bertz CT molecular complexity index is 890. The summed E-state index contributed by atoms with van der Waals surface area (Å²) in [5, 5.41) is 21.9. The zero-order valence-corrected chi connectivity index (χ0v) is 12.4. The molecule has 1 aliphatic heterocycles. The quantitative estimate of drug-likeness (QED) is 0.520. The van der Waals surface area contributed by atoms with Crippen molar-refractivity contribution in [2.75, 3.05) is 11.1 Å². The first-order chi connectivity index (χ1) is 11.3. The van der Waals surface area contributed by atoms with Crippen molar-refractivity contribution in [3.8, 4) is 0 Å². The van der Waals surface area contributed by atoms with Gasteiger partial charge in [0.15, 0.2) is 5.60 Å². The number of aliphatic hydroxyl groups is 1. The Morgan fingerprint density at radius 3 is 2.54 bits per heavy atom. The van der Waals surface area contributed by atoms with E-state index in [1.807, 2.05) is 0 Å². The summed E-state index contributed by atoms with van der Waals surface area (Å²) in [6.07, 6.45) is 0.194. The van der Waals surface area contributed by atoms with E-state index in [9.17, 15) is 19.5 Å². The molecule has 0 saturated heterocycles. The molecule has 9 nitrogen and oxygen atoms in total. The van der Waals surface area contributed by atoms with Gasteiger partial charge in [0.05, 0.1) is 5.56 Å². The van der Waals surface area contributed by atoms with Gasteiger partial charge < -0.3 is 21.3 Å². The van der Waals surface area contributed by atoms with E-state index in [4.69, 9.17) is 10.8 Å². The van der Waals surface area contributed by atoms with Gasteiger partial charge in [-0.25, -0.2) is 4.79 Å². The fourth-order valence-electron chi connectivity index (χ4n) is 2.67. The smallest absolute Gasteiger partial charge is 0.335 e. The number of H-pyrrole nitrogens is 1. The molecule has 0 aliphatic carbocycles. The first-order valence-corrected chi connectivity index (χ1v) is 7.07. The van der Waals surface area contributed by atoms with Gasteiger partial charge in [0.2, 0.25) is 5.95 Å². The summed E-state index contributed by atoms with van der Waals surface area (Å²) < 4.78 is 0. The van der Waals surface area contributed by atoms with E-state index in [0.29, 0.717) is 0 Å². The third-order valence-electron chi connectivity index (χ3n) is 3.94. The highest BCUT2D eigenvalue weighted by molar-refractivity contribution is 6.03. The summed E-state index contributed by atoms with van der Waals surface area (Å²) in [6.45, 7) is 0. The Hall–Kier alpha value is -3.20. The number of nitrogens with one attached hydrogen (secondary N) is 2. The van der Waals surface area contributed by atoms with Gasteiger partial charge in [-0.15, -0.1) is 0 Å². The molecule has 24 heavy (non-hydrogen) atoms. The van der Waals surface area contributed by atoms with E-state index in [2.05, 4.69) is 15.3 Å². The van der Waals surface area contributed by atoms with Crippen molar-refractivity contribution in [3.63, 3.8) is 0 Å². The Kier molecular flexibility index (Phi) is 3.57. The second kappa shape index (κ2) is 5.46. The van der Waals surface area contributed by atoms with Crippen LogP contribution in [0, 0.1) is 0 Å². The number of hydrogen-bond donors (Lipinski definition) is 5. The predicted octanol–water partition coefficient (Wildman–Crippen LogP) is -0.177. The molecule has 2 aromatic rings. The number of nitrogen functional groups attached to an aromatic ring is 1. The topological polar surface area (TPSA) is 158 Å². The highest BCUT2D eigenvalue weighted by Gasteiger charge is 2.48. The number of hydrogen-bond acceptors (Lipinski definition) is 6. The Labute approximate surface area is 135 Å². The van der Waals surface area contributed by atoms with Crippen molar-refractivity contribution in [1.82, 2.24) is 9.97 Å². The summed E-state index contributed by atoms with van der Waals surface area (Å²) in [6, 6.07) is 6.04. The maximum absolute atomic E-state index is 12.1. The predicted molar refractivity (Wildman–Crippen MR) is 83.5 cm³/mol. The fourth-order valence-corrected chi connectivity index (χ4v) is 2.67. The number of aromatic nitrogens is 2. The van der Waals surface area contributed by atoms with E-state index >= 15 is 0 Å². The van der Waals surface area contributed by atoms with Crippen molar-refractivity contribution >= 4 is 23.6 Å². The molecule has 9 heteroatoms. The SMILES string of the molecule is Nc1nc2c(c(=O)[nH]1)C(O)(CCc1ccc(C(=O)O)cc1)C(=O)N2. The van der Waals surface area contributed by atoms with Crippen LogP contribution in [0.2, 0.25) is 0 Å². The number of aromatic amines is 1. The number of carboxylic acids is 1. The lowest BCUT2D eigenvalue weighted by Crippen LogP contribution is -2.38. The molecule has 124 valence electrons. The van der Waals surface area contributed by atoms with Gasteiger partial charge in [-0.3, -0.25) is 14.6 Å². The molecule has 6 N–H and O–H groups in total. The van der Waals surface area contributed by atoms with Crippen LogP contribution in [0.3, 0.4) is 0 Å². The minimum atomic E-state index is -2.02. The van der Waals surface area contributed by atoms with Gasteiger partial charge in [0.1, 0.15) is 11.4 Å². The normalized spacial score (nSPS) is 19.0. The molecule has 0 radical (unpaired) electrons. The van der Waals surface area contributed by atoms with Crippen LogP contribution in [0.5, 0.6) is 0 Å². The van der Waals surface area contributed by atoms with Crippen LogP contribution in [0.1, 0.15) is 27.9 Å². The van der Waals surface area contributed by atoms with Crippen molar-refractivity contribution < 1.29 is 19.8 Å². The maximum Gasteiger partial charge on any atom is 0.335 e. The van der Waals surface area contributed by atoms with Crippen molar-refractivity contribution in [2.24, 2.45) is 0 Å². The van der Waals surface area contributed by atoms with E-state index in [1.54, 1.807) is 12.1 Å². The van der Waals surface area contributed by atoms with Crippen LogP contribution in [0.15, 0.2) is 29.1 Å². The van der Waals surface area contributed by atoms with E-state index < -0.39 is 23.0 Å². The summed E-state index contributed by atoms with van der Waals surface area (Å²) in [5.41, 5.74) is 3.41. The molecular weight excluding hydrogens is 316 g/mol. The number of rotatable bonds is 4. The van der Waals surface area contributed by atoms with Crippen LogP contribution >= 0.6 is 0 Å². The third-order valence-corrected chi connectivity index (χ3v) is 3.94. The molecular formula is C15H14N4O5. The van der Waals surface area contributed by atoms with E-state index in [0.717, 1.165) is 5.56 Å². The van der Waals surface area contributed by atoms with Gasteiger partial charge in [0.25, 0.3) is 11.5 Å². The summed E-state index contributed by atoms with van der Waals surface area (Å²) in [4.78, 5) is 41.0. The minimum absolute atomic E-state index is 0.0509. The van der Waals surface area contributed by atoms with Crippen molar-refractivity contribution in [2.45, 2.75) is 18.4 Å². The second-order valence-corrected chi connectivity index (χ2v) is 5.49. The Morgan fingerprint density at radius 1 is 1.25 bits per heavy atom. The van der Waals surface area contributed by atoms with Crippen LogP contribution in [-0.2, 0) is 16.8 Å². The van der Waals surface area contributed by atoms with E-state index in [-0.39, 0.29) is 35.7 Å². The largest absolute Gasteiger partial charge is 0.478 e. The highest BCUT2D eigenvalue weighted by Crippen LogP contribution is 2.35. The van der Waals surface area contributed by atoms with Gasteiger partial charge >= 0.3 is 5.97 Å². The number of aromatic carboxylic acids is 1. The van der Waals surface area contributed by atoms with Crippen LogP contribution in [0.4, 0.5) is 11.8 Å². The fraction of sp³-hybridized carbons (Fsp3) is 0.200. The minimum Gasteiger partial charge on any atom is -0.478 e. The standard InChI is InChI=1S/C15H14N4O5/c16-14-18-10-9(11(20)19-14)15(24,13(23)17-10)6-5-7-1-3-8(4-2-7)12(21)22/h1-4,24H,5-6H2,(H,21,22)(H4,16,17,18,19,20,23). The first-order valence-electron chi connectivity index (χ1n) is 7.07. The number of carbonyl (C=O) groups excluding carboxylic acids is 1. The van der Waals surface area contributed by atoms with Gasteiger partial charge in [0, 0.05) is 0 Å². The molecule has 1 atom stereocenters. The molecule has 0 saturated carbocycles. The molecule has 1 aromatic heterocycles. The average Bonchev–Trinajstić information content (AvgIpc) is 2.77. The molecule has 1 aliphatic rings. The lowest BCUT2D eigenvalue weighted by atomic mass is 9.90. The molecule has 0 spiro atoms. The number of anilines is 2. The molecule has 1 unspecified atom stereocenters. The number of nitrogens with two attached hydrogens (primary N) is 1. The summed E-state index contributed by atoms with van der Waals surface area (Å²) in [5.74, 6) is -2.00. The second-order valence-electron chi connectivity index (χ2n) is 5.49. The number of carbonyl (C=O) groups is 2. The number of amides is 1. The molecule has 0 bridgehead atoms. The number of benzene rings is 1. The molecule has 3 rings (SSSR count). The Morgan fingerprint density at radius 2 is 1.92 bits per heavy atom. The number of carboxylic acid groups (broad SMARTS) is 1.